The number of aryl methyl sites for hydroxylation is 1. The lowest BCUT2D eigenvalue weighted by Gasteiger charge is -2.14. The van der Waals surface area contributed by atoms with Crippen LogP contribution in [0, 0.1) is 6.92 Å². The maximum Gasteiger partial charge on any atom is 0.266 e. The van der Waals surface area contributed by atoms with Crippen molar-refractivity contribution in [2.75, 3.05) is 11.1 Å². The minimum absolute atomic E-state index is 0.0518. The molecule has 0 aliphatic heterocycles. The van der Waals surface area contributed by atoms with Gasteiger partial charge in [-0.15, -0.1) is 11.3 Å². The van der Waals surface area contributed by atoms with Gasteiger partial charge in [-0.2, -0.15) is 0 Å². The van der Waals surface area contributed by atoms with Crippen LogP contribution in [-0.2, 0) is 4.79 Å². The molecule has 6 nitrogen and oxygen atoms in total. The average molecular weight is 598 g/mol. The second-order valence-corrected chi connectivity index (χ2v) is 11.0. The number of amides is 1. The third-order valence-electron chi connectivity index (χ3n) is 5.36. The maximum absolute atomic E-state index is 13.4. The molecule has 5 rings (SSSR count). The number of carbonyl (C=O) groups excluding carboxylic acids is 1. The van der Waals surface area contributed by atoms with Crippen molar-refractivity contribution >= 4 is 72.6 Å². The lowest BCUT2D eigenvalue weighted by molar-refractivity contribution is -0.113. The third-order valence-corrected chi connectivity index (χ3v) is 7.96. The van der Waals surface area contributed by atoms with Gasteiger partial charge in [0.05, 0.1) is 28.0 Å². The highest BCUT2D eigenvalue weighted by molar-refractivity contribution is 9.10. The van der Waals surface area contributed by atoms with Gasteiger partial charge in [0.1, 0.15) is 0 Å². The number of thioether (sulfide) groups is 1. The average Bonchev–Trinajstić information content (AvgIpc) is 3.33. The zero-order valence-corrected chi connectivity index (χ0v) is 22.8. The summed E-state index contributed by atoms with van der Waals surface area (Å²) in [6, 6.07) is 20.4. The van der Waals surface area contributed by atoms with Crippen molar-refractivity contribution in [3.05, 3.63) is 97.5 Å². The van der Waals surface area contributed by atoms with Crippen molar-refractivity contribution in [1.29, 1.82) is 0 Å². The number of thiazole rings is 1. The Bertz CT molecular complexity index is 1670. The molecule has 180 valence electrons. The predicted molar refractivity (Wildman–Crippen MR) is 152 cm³/mol. The number of benzene rings is 3. The molecule has 0 saturated heterocycles. The standard InChI is InChI=1S/C26H18BrClN4O2S2/c1-15-9-10-18(12-20(15)28)32-24(34)19-7-2-3-8-21(19)30-26(32)36-14-23(33)31-25-29-22(13-35-25)16-5-4-6-17(27)11-16/h2-13H,14H2,1H3,(H,29,31,33). The summed E-state index contributed by atoms with van der Waals surface area (Å²) < 4.78 is 2.46. The van der Waals surface area contributed by atoms with Crippen LogP contribution in [0.25, 0.3) is 27.8 Å². The number of hydrogen-bond acceptors (Lipinski definition) is 6. The van der Waals surface area contributed by atoms with E-state index in [-0.39, 0.29) is 17.2 Å². The topological polar surface area (TPSA) is 76.9 Å². The minimum Gasteiger partial charge on any atom is -0.301 e. The van der Waals surface area contributed by atoms with Gasteiger partial charge >= 0.3 is 0 Å². The fourth-order valence-electron chi connectivity index (χ4n) is 3.55. The van der Waals surface area contributed by atoms with Gasteiger partial charge < -0.3 is 5.32 Å². The first-order chi connectivity index (χ1) is 17.4. The van der Waals surface area contributed by atoms with E-state index in [0.717, 1.165) is 21.3 Å². The molecule has 0 saturated carbocycles. The molecule has 0 radical (unpaired) electrons. The summed E-state index contributed by atoms with van der Waals surface area (Å²) in [5.41, 5.74) is 3.58. The number of nitrogens with zero attached hydrogens (tertiary/aromatic N) is 3. The van der Waals surface area contributed by atoms with Gasteiger partial charge in [-0.3, -0.25) is 14.2 Å². The van der Waals surface area contributed by atoms with Gasteiger partial charge in [-0.25, -0.2) is 9.97 Å². The lowest BCUT2D eigenvalue weighted by atomic mass is 10.2. The van der Waals surface area contributed by atoms with E-state index in [1.54, 1.807) is 24.3 Å². The minimum atomic E-state index is -0.244. The first-order valence-corrected chi connectivity index (χ1v) is 13.8. The van der Waals surface area contributed by atoms with Crippen molar-refractivity contribution in [1.82, 2.24) is 14.5 Å². The van der Waals surface area contributed by atoms with E-state index in [4.69, 9.17) is 11.6 Å². The summed E-state index contributed by atoms with van der Waals surface area (Å²) in [7, 11) is 0. The van der Waals surface area contributed by atoms with Gasteiger partial charge in [0.2, 0.25) is 5.91 Å². The second kappa shape index (κ2) is 10.6. The van der Waals surface area contributed by atoms with E-state index >= 15 is 0 Å². The van der Waals surface area contributed by atoms with E-state index in [1.807, 2.05) is 54.8 Å². The molecule has 0 aliphatic rings. The number of aromatic nitrogens is 3. The highest BCUT2D eigenvalue weighted by Crippen LogP contribution is 2.28. The second-order valence-electron chi connectivity index (χ2n) is 7.87. The van der Waals surface area contributed by atoms with E-state index in [9.17, 15) is 9.59 Å². The van der Waals surface area contributed by atoms with Crippen molar-refractivity contribution in [3.63, 3.8) is 0 Å². The van der Waals surface area contributed by atoms with Gasteiger partial charge in [-0.05, 0) is 48.9 Å². The normalized spacial score (nSPS) is 11.1. The first kappa shape index (κ1) is 24.7. The van der Waals surface area contributed by atoms with Gasteiger partial charge in [-0.1, -0.05) is 69.6 Å². The smallest absolute Gasteiger partial charge is 0.266 e. The summed E-state index contributed by atoms with van der Waals surface area (Å²) in [6.45, 7) is 1.90. The van der Waals surface area contributed by atoms with Crippen LogP contribution < -0.4 is 10.9 Å². The van der Waals surface area contributed by atoms with Crippen molar-refractivity contribution in [2.45, 2.75) is 12.1 Å². The fourth-order valence-corrected chi connectivity index (χ4v) is 5.68. The number of carbonyl (C=O) groups is 1. The predicted octanol–water partition coefficient (Wildman–Crippen LogP) is 6.96. The molecular weight excluding hydrogens is 580 g/mol. The SMILES string of the molecule is Cc1ccc(-n2c(SCC(=O)Nc3nc(-c4cccc(Br)c4)cs3)nc3ccccc3c2=O)cc1Cl. The third kappa shape index (κ3) is 5.24. The van der Waals surface area contributed by atoms with Gasteiger partial charge in [0.15, 0.2) is 10.3 Å². The number of halogens is 2. The van der Waals surface area contributed by atoms with Crippen molar-refractivity contribution in [3.8, 4) is 16.9 Å². The number of fused-ring (bicyclic) bond motifs is 1. The molecule has 0 atom stereocenters. The number of hydrogen-bond donors (Lipinski definition) is 1. The molecule has 0 aliphatic carbocycles. The highest BCUT2D eigenvalue weighted by Gasteiger charge is 2.16. The van der Waals surface area contributed by atoms with Crippen molar-refractivity contribution < 1.29 is 4.79 Å². The molecule has 5 aromatic rings. The van der Waals surface area contributed by atoms with Crippen molar-refractivity contribution in [2.24, 2.45) is 0 Å². The molecule has 1 N–H and O–H groups in total. The summed E-state index contributed by atoms with van der Waals surface area (Å²) >= 11 is 12.3. The van der Waals surface area contributed by atoms with Gasteiger partial charge in [0, 0.05) is 20.4 Å². The number of rotatable bonds is 6. The Kier molecular flexibility index (Phi) is 7.25. The molecule has 2 aromatic heterocycles. The molecule has 0 unspecified atom stereocenters. The van der Waals surface area contributed by atoms with Gasteiger partial charge in [0.25, 0.3) is 5.56 Å². The van der Waals surface area contributed by atoms with Crippen LogP contribution in [0.2, 0.25) is 5.02 Å². The molecular formula is C26H18BrClN4O2S2. The van der Waals surface area contributed by atoms with Crippen LogP contribution in [0.4, 0.5) is 5.13 Å². The molecule has 0 fully saturated rings. The molecule has 2 heterocycles. The Hall–Kier alpha value is -2.98. The highest BCUT2D eigenvalue weighted by atomic mass is 79.9. The molecule has 36 heavy (non-hydrogen) atoms. The fraction of sp³-hybridized carbons (Fsp3) is 0.0769. The number of nitrogens with one attached hydrogen (secondary N) is 1. The van der Waals surface area contributed by atoms with Crippen LogP contribution in [0.15, 0.2) is 86.5 Å². The summed E-state index contributed by atoms with van der Waals surface area (Å²) in [4.78, 5) is 35.4. The number of anilines is 1. The van der Waals surface area contributed by atoms with E-state index in [0.29, 0.717) is 31.9 Å². The Morgan fingerprint density at radius 2 is 1.94 bits per heavy atom. The van der Waals surface area contributed by atoms with E-state index in [2.05, 4.69) is 31.2 Å². The van der Waals surface area contributed by atoms with E-state index < -0.39 is 0 Å². The number of para-hydroxylation sites is 1. The maximum atomic E-state index is 13.4. The zero-order chi connectivity index (χ0) is 25.2. The van der Waals surface area contributed by atoms with Crippen LogP contribution in [0.3, 0.4) is 0 Å². The van der Waals surface area contributed by atoms with Crippen LogP contribution in [-0.4, -0.2) is 26.2 Å². The summed E-state index contributed by atoms with van der Waals surface area (Å²) in [5, 5.41) is 6.69. The summed E-state index contributed by atoms with van der Waals surface area (Å²) in [5.74, 6) is -0.193. The van der Waals surface area contributed by atoms with Crippen LogP contribution in [0.1, 0.15) is 5.56 Å². The quantitative estimate of drug-likeness (QED) is 0.169. The van der Waals surface area contributed by atoms with E-state index in [1.165, 1.54) is 27.7 Å². The first-order valence-electron chi connectivity index (χ1n) is 10.8. The Labute approximate surface area is 228 Å². The molecule has 0 spiro atoms. The van der Waals surface area contributed by atoms with Crippen LogP contribution in [0.5, 0.6) is 0 Å². The molecule has 3 aromatic carbocycles. The molecule has 0 bridgehead atoms. The molecule has 1 amide bonds. The monoisotopic (exact) mass is 596 g/mol. The van der Waals surface area contributed by atoms with Crippen LogP contribution >= 0.6 is 50.6 Å². The molecule has 10 heteroatoms. The Balaban J connectivity index is 1.40. The zero-order valence-electron chi connectivity index (χ0n) is 18.9. The Morgan fingerprint density at radius 1 is 1.11 bits per heavy atom. The lowest BCUT2D eigenvalue weighted by Crippen LogP contribution is -2.23. The summed E-state index contributed by atoms with van der Waals surface area (Å²) in [6.07, 6.45) is 0. The largest absolute Gasteiger partial charge is 0.301 e. The Morgan fingerprint density at radius 3 is 2.75 bits per heavy atom.